The van der Waals surface area contributed by atoms with Gasteiger partial charge in [-0.15, -0.1) is 0 Å². The van der Waals surface area contributed by atoms with Crippen LogP contribution in [0.5, 0.6) is 0 Å². The molecule has 16 heavy (non-hydrogen) atoms. The van der Waals surface area contributed by atoms with Gasteiger partial charge in [0.15, 0.2) is 0 Å². The lowest BCUT2D eigenvalue weighted by atomic mass is 9.88. The molecule has 3 unspecified atom stereocenters. The standard InChI is InChI=1S/C13H19NO2/c15-12-3-4-14(13(16)7-12)8-11-6-9-1-2-10(11)5-9/h9-11H,1-8H2. The summed E-state index contributed by atoms with van der Waals surface area (Å²) < 4.78 is 0. The van der Waals surface area contributed by atoms with E-state index < -0.39 is 0 Å². The van der Waals surface area contributed by atoms with Gasteiger partial charge in [0.2, 0.25) is 5.91 Å². The van der Waals surface area contributed by atoms with Gasteiger partial charge in [0, 0.05) is 19.5 Å². The van der Waals surface area contributed by atoms with E-state index in [4.69, 9.17) is 0 Å². The Balaban J connectivity index is 1.58. The second-order valence-electron chi connectivity index (χ2n) is 5.74. The van der Waals surface area contributed by atoms with Crippen LogP contribution >= 0.6 is 0 Å². The van der Waals surface area contributed by atoms with Crippen molar-refractivity contribution in [3.63, 3.8) is 0 Å². The fourth-order valence-corrected chi connectivity index (χ4v) is 3.83. The van der Waals surface area contributed by atoms with Gasteiger partial charge in [-0.1, -0.05) is 6.42 Å². The van der Waals surface area contributed by atoms with Crippen LogP contribution in [0, 0.1) is 17.8 Å². The van der Waals surface area contributed by atoms with Crippen LogP contribution in [0.1, 0.15) is 38.5 Å². The summed E-state index contributed by atoms with van der Waals surface area (Å²) in [5.74, 6) is 2.73. The minimum atomic E-state index is 0.0685. The fourth-order valence-electron chi connectivity index (χ4n) is 3.83. The van der Waals surface area contributed by atoms with Crippen molar-refractivity contribution in [1.29, 1.82) is 0 Å². The number of fused-ring (bicyclic) bond motifs is 2. The number of hydrogen-bond donors (Lipinski definition) is 0. The van der Waals surface area contributed by atoms with Crippen molar-refractivity contribution < 1.29 is 9.59 Å². The van der Waals surface area contributed by atoms with E-state index in [1.54, 1.807) is 0 Å². The van der Waals surface area contributed by atoms with Crippen LogP contribution in [0.4, 0.5) is 0 Å². The van der Waals surface area contributed by atoms with Crippen LogP contribution in [-0.4, -0.2) is 29.7 Å². The summed E-state index contributed by atoms with van der Waals surface area (Å²) in [6, 6.07) is 0. The third kappa shape index (κ3) is 1.76. The van der Waals surface area contributed by atoms with Crippen molar-refractivity contribution >= 4 is 11.7 Å². The number of rotatable bonds is 2. The number of hydrogen-bond acceptors (Lipinski definition) is 2. The lowest BCUT2D eigenvalue weighted by molar-refractivity contribution is -0.140. The number of carbonyl (C=O) groups excluding carboxylic acids is 2. The third-order valence-corrected chi connectivity index (χ3v) is 4.70. The number of carbonyl (C=O) groups is 2. The van der Waals surface area contributed by atoms with Gasteiger partial charge in [0.1, 0.15) is 5.78 Å². The molecule has 3 nitrogen and oxygen atoms in total. The summed E-state index contributed by atoms with van der Waals surface area (Å²) in [6.07, 6.45) is 6.23. The molecule has 3 fully saturated rings. The Bertz CT molecular complexity index is 326. The molecular formula is C13H19NO2. The highest BCUT2D eigenvalue weighted by atomic mass is 16.2. The van der Waals surface area contributed by atoms with E-state index in [1.165, 1.54) is 25.7 Å². The molecule has 0 aromatic heterocycles. The maximum atomic E-state index is 11.7. The molecule has 3 aliphatic rings. The van der Waals surface area contributed by atoms with Crippen LogP contribution in [0.3, 0.4) is 0 Å². The molecule has 1 amide bonds. The predicted molar refractivity (Wildman–Crippen MR) is 59.8 cm³/mol. The molecule has 0 aromatic rings. The molecular weight excluding hydrogens is 202 g/mol. The first kappa shape index (κ1) is 10.3. The molecule has 2 saturated carbocycles. The Labute approximate surface area is 96.2 Å². The van der Waals surface area contributed by atoms with E-state index in [0.29, 0.717) is 13.0 Å². The van der Waals surface area contributed by atoms with Crippen molar-refractivity contribution in [2.45, 2.75) is 38.5 Å². The first-order valence-corrected chi connectivity index (χ1v) is 6.52. The number of nitrogens with zero attached hydrogens (tertiary/aromatic N) is 1. The molecule has 88 valence electrons. The molecule has 3 rings (SSSR count). The zero-order valence-corrected chi connectivity index (χ0v) is 9.65. The summed E-state index contributed by atoms with van der Waals surface area (Å²) in [5.41, 5.74) is 0. The maximum Gasteiger partial charge on any atom is 0.230 e. The van der Waals surface area contributed by atoms with Gasteiger partial charge in [-0.2, -0.15) is 0 Å². The summed E-state index contributed by atoms with van der Waals surface area (Å²) in [5, 5.41) is 0. The van der Waals surface area contributed by atoms with Crippen molar-refractivity contribution in [3.05, 3.63) is 0 Å². The number of ketones is 1. The highest BCUT2D eigenvalue weighted by Gasteiger charge is 2.40. The Hall–Kier alpha value is -0.860. The molecule has 1 heterocycles. The molecule has 1 saturated heterocycles. The largest absolute Gasteiger partial charge is 0.342 e. The second-order valence-corrected chi connectivity index (χ2v) is 5.74. The van der Waals surface area contributed by atoms with E-state index in [0.717, 1.165) is 24.3 Å². The number of piperidine rings is 1. The SMILES string of the molecule is O=C1CCN(CC2CC3CCC2C3)C(=O)C1. The Morgan fingerprint density at radius 1 is 1.19 bits per heavy atom. The smallest absolute Gasteiger partial charge is 0.230 e. The molecule has 0 radical (unpaired) electrons. The second kappa shape index (κ2) is 3.86. The van der Waals surface area contributed by atoms with E-state index in [9.17, 15) is 9.59 Å². The van der Waals surface area contributed by atoms with Crippen LogP contribution in [-0.2, 0) is 9.59 Å². The van der Waals surface area contributed by atoms with Crippen LogP contribution < -0.4 is 0 Å². The predicted octanol–water partition coefficient (Wildman–Crippen LogP) is 1.61. The van der Waals surface area contributed by atoms with Crippen molar-refractivity contribution in [3.8, 4) is 0 Å². The Kier molecular flexibility index (Phi) is 2.49. The molecule has 0 N–H and O–H groups in total. The van der Waals surface area contributed by atoms with Gasteiger partial charge >= 0.3 is 0 Å². The quantitative estimate of drug-likeness (QED) is 0.664. The van der Waals surface area contributed by atoms with Gasteiger partial charge in [-0.25, -0.2) is 0 Å². The molecule has 0 aromatic carbocycles. The first-order chi connectivity index (χ1) is 7.72. The number of amides is 1. The highest BCUT2D eigenvalue weighted by Crippen LogP contribution is 2.48. The minimum absolute atomic E-state index is 0.0685. The maximum absolute atomic E-state index is 11.7. The summed E-state index contributed by atoms with van der Waals surface area (Å²) in [6.45, 7) is 1.60. The van der Waals surface area contributed by atoms with Crippen LogP contribution in [0.2, 0.25) is 0 Å². The minimum Gasteiger partial charge on any atom is -0.342 e. The fraction of sp³-hybridized carbons (Fsp3) is 0.846. The van der Waals surface area contributed by atoms with Gasteiger partial charge in [-0.3, -0.25) is 9.59 Å². The third-order valence-electron chi connectivity index (χ3n) is 4.70. The molecule has 1 aliphatic heterocycles. The lowest BCUT2D eigenvalue weighted by Gasteiger charge is -2.32. The number of likely N-dealkylation sites (tertiary alicyclic amines) is 1. The van der Waals surface area contributed by atoms with E-state index in [2.05, 4.69) is 0 Å². The zero-order valence-electron chi connectivity index (χ0n) is 9.65. The number of Topliss-reactive ketones (excluding diaryl/α,β-unsaturated/α-hetero) is 1. The van der Waals surface area contributed by atoms with Crippen molar-refractivity contribution in [2.75, 3.05) is 13.1 Å². The van der Waals surface area contributed by atoms with Crippen molar-refractivity contribution in [1.82, 2.24) is 4.90 Å². The van der Waals surface area contributed by atoms with E-state index >= 15 is 0 Å². The molecule has 0 spiro atoms. The molecule has 3 atom stereocenters. The van der Waals surface area contributed by atoms with E-state index in [-0.39, 0.29) is 18.1 Å². The van der Waals surface area contributed by atoms with E-state index in [1.807, 2.05) is 4.90 Å². The van der Waals surface area contributed by atoms with Crippen molar-refractivity contribution in [2.24, 2.45) is 17.8 Å². The highest BCUT2D eigenvalue weighted by molar-refractivity contribution is 6.00. The summed E-state index contributed by atoms with van der Waals surface area (Å²) in [7, 11) is 0. The first-order valence-electron chi connectivity index (χ1n) is 6.52. The van der Waals surface area contributed by atoms with Crippen LogP contribution in [0.15, 0.2) is 0 Å². The Morgan fingerprint density at radius 3 is 2.69 bits per heavy atom. The summed E-state index contributed by atoms with van der Waals surface area (Å²) in [4.78, 5) is 24.8. The van der Waals surface area contributed by atoms with Gasteiger partial charge in [0.05, 0.1) is 6.42 Å². The van der Waals surface area contributed by atoms with Gasteiger partial charge in [0.25, 0.3) is 0 Å². The topological polar surface area (TPSA) is 37.4 Å². The van der Waals surface area contributed by atoms with Gasteiger partial charge < -0.3 is 4.90 Å². The lowest BCUT2D eigenvalue weighted by Crippen LogP contribution is -2.42. The molecule has 3 heteroatoms. The Morgan fingerprint density at radius 2 is 2.06 bits per heavy atom. The zero-order chi connectivity index (χ0) is 11.1. The summed E-state index contributed by atoms with van der Waals surface area (Å²) >= 11 is 0. The molecule has 2 aliphatic carbocycles. The van der Waals surface area contributed by atoms with Crippen LogP contribution in [0.25, 0.3) is 0 Å². The average Bonchev–Trinajstić information content (AvgIpc) is 2.84. The normalized spacial score (nSPS) is 38.5. The molecule has 2 bridgehead atoms. The van der Waals surface area contributed by atoms with Gasteiger partial charge in [-0.05, 0) is 37.0 Å². The average molecular weight is 221 g/mol. The monoisotopic (exact) mass is 221 g/mol.